The first-order chi connectivity index (χ1) is 6.56. The highest BCUT2D eigenvalue weighted by atomic mass is 15.1. The molecule has 14 heavy (non-hydrogen) atoms. The van der Waals surface area contributed by atoms with Crippen LogP contribution in [0.2, 0.25) is 0 Å². The summed E-state index contributed by atoms with van der Waals surface area (Å²) in [6, 6.07) is 8.01. The molecule has 1 aromatic rings. The van der Waals surface area contributed by atoms with Crippen molar-refractivity contribution in [2.75, 3.05) is 19.0 Å². The predicted octanol–water partition coefficient (Wildman–Crippen LogP) is 2.75. The van der Waals surface area contributed by atoms with Gasteiger partial charge in [0.25, 0.3) is 0 Å². The molecule has 1 aromatic carbocycles. The summed E-state index contributed by atoms with van der Waals surface area (Å²) in [5, 5.41) is 8.81. The number of anilines is 1. The largest absolute Gasteiger partial charge is 0.377 e. The Labute approximate surface area is 85.8 Å². The van der Waals surface area contributed by atoms with Crippen molar-refractivity contribution in [1.29, 1.82) is 5.26 Å². The van der Waals surface area contributed by atoms with Crippen molar-refractivity contribution in [3.05, 3.63) is 29.3 Å². The molecule has 0 saturated heterocycles. The Morgan fingerprint density at radius 2 is 1.93 bits per heavy atom. The summed E-state index contributed by atoms with van der Waals surface area (Å²) in [5.74, 6) is 0.445. The minimum Gasteiger partial charge on any atom is -0.377 e. The Balaban J connectivity index is 3.26. The molecule has 0 aliphatic carbocycles. The number of benzene rings is 1. The molecule has 0 unspecified atom stereocenters. The maximum absolute atomic E-state index is 8.81. The van der Waals surface area contributed by atoms with Crippen LogP contribution >= 0.6 is 0 Å². The van der Waals surface area contributed by atoms with Crippen LogP contribution in [-0.2, 0) is 0 Å². The van der Waals surface area contributed by atoms with E-state index in [0.29, 0.717) is 5.92 Å². The van der Waals surface area contributed by atoms with Crippen LogP contribution in [0.3, 0.4) is 0 Å². The molecule has 0 saturated carbocycles. The minimum absolute atomic E-state index is 0.445. The fraction of sp³-hybridized carbons (Fsp3) is 0.417. The van der Waals surface area contributed by atoms with Crippen molar-refractivity contribution in [2.45, 2.75) is 19.8 Å². The van der Waals surface area contributed by atoms with Crippen molar-refractivity contribution in [3.63, 3.8) is 0 Å². The predicted molar refractivity (Wildman–Crippen MR) is 59.6 cm³/mol. The monoisotopic (exact) mass is 188 g/mol. The third-order valence-electron chi connectivity index (χ3n) is 2.26. The van der Waals surface area contributed by atoms with Gasteiger partial charge < -0.3 is 4.90 Å². The Hall–Kier alpha value is -1.49. The van der Waals surface area contributed by atoms with Gasteiger partial charge in [0, 0.05) is 19.8 Å². The van der Waals surface area contributed by atoms with Crippen LogP contribution in [0.1, 0.15) is 30.9 Å². The van der Waals surface area contributed by atoms with E-state index in [0.717, 1.165) is 5.56 Å². The topological polar surface area (TPSA) is 27.0 Å². The van der Waals surface area contributed by atoms with E-state index in [1.165, 1.54) is 11.3 Å². The molecule has 1 rings (SSSR count). The Morgan fingerprint density at radius 3 is 2.36 bits per heavy atom. The summed E-state index contributed by atoms with van der Waals surface area (Å²) in [4.78, 5) is 2.08. The van der Waals surface area contributed by atoms with Crippen LogP contribution < -0.4 is 4.90 Å². The van der Waals surface area contributed by atoms with Crippen LogP contribution in [0.5, 0.6) is 0 Å². The van der Waals surface area contributed by atoms with Gasteiger partial charge in [-0.3, -0.25) is 0 Å². The maximum atomic E-state index is 8.81. The zero-order valence-electron chi connectivity index (χ0n) is 9.20. The number of nitrogens with zero attached hydrogens (tertiary/aromatic N) is 2. The summed E-state index contributed by atoms with van der Waals surface area (Å²) in [5.41, 5.74) is 3.16. The van der Waals surface area contributed by atoms with Crippen LogP contribution in [0.15, 0.2) is 18.2 Å². The lowest BCUT2D eigenvalue weighted by molar-refractivity contribution is 0.858. The highest BCUT2D eigenvalue weighted by Crippen LogP contribution is 2.26. The number of nitriles is 1. The van der Waals surface area contributed by atoms with E-state index in [-0.39, 0.29) is 0 Å². The van der Waals surface area contributed by atoms with Crippen LogP contribution in [0, 0.1) is 11.3 Å². The van der Waals surface area contributed by atoms with E-state index in [1.54, 1.807) is 0 Å². The molecule has 0 spiro atoms. The summed E-state index contributed by atoms with van der Waals surface area (Å²) in [6.07, 6.45) is 0. The van der Waals surface area contributed by atoms with E-state index < -0.39 is 0 Å². The molecular formula is C12H16N2. The van der Waals surface area contributed by atoms with Crippen LogP contribution in [0.4, 0.5) is 5.69 Å². The molecule has 0 N–H and O–H groups in total. The highest BCUT2D eigenvalue weighted by Gasteiger charge is 2.08. The summed E-state index contributed by atoms with van der Waals surface area (Å²) in [6.45, 7) is 4.28. The molecule has 2 heteroatoms. The average Bonchev–Trinajstić information content (AvgIpc) is 2.16. The van der Waals surface area contributed by atoms with Gasteiger partial charge in [0.2, 0.25) is 0 Å². The van der Waals surface area contributed by atoms with E-state index in [4.69, 9.17) is 5.26 Å². The van der Waals surface area contributed by atoms with Crippen molar-refractivity contribution in [1.82, 2.24) is 0 Å². The Bertz CT molecular complexity index is 359. The molecule has 0 aromatic heterocycles. The second-order valence-corrected chi connectivity index (χ2v) is 3.93. The second kappa shape index (κ2) is 4.15. The van der Waals surface area contributed by atoms with Gasteiger partial charge in [-0.05, 0) is 29.7 Å². The summed E-state index contributed by atoms with van der Waals surface area (Å²) < 4.78 is 0. The number of hydrogen-bond donors (Lipinski definition) is 0. The van der Waals surface area contributed by atoms with E-state index >= 15 is 0 Å². The van der Waals surface area contributed by atoms with Gasteiger partial charge in [0.05, 0.1) is 11.6 Å². The molecule has 0 fully saturated rings. The number of rotatable bonds is 2. The molecular weight excluding hydrogens is 172 g/mol. The average molecular weight is 188 g/mol. The molecule has 0 heterocycles. The van der Waals surface area contributed by atoms with Gasteiger partial charge in [-0.15, -0.1) is 0 Å². The molecule has 74 valence electrons. The van der Waals surface area contributed by atoms with Crippen molar-refractivity contribution in [2.24, 2.45) is 0 Å². The summed E-state index contributed by atoms with van der Waals surface area (Å²) in [7, 11) is 4.04. The molecule has 0 aliphatic heterocycles. The van der Waals surface area contributed by atoms with Gasteiger partial charge >= 0.3 is 0 Å². The minimum atomic E-state index is 0.445. The smallest absolute Gasteiger partial charge is 0.0991 e. The van der Waals surface area contributed by atoms with E-state index in [2.05, 4.69) is 24.8 Å². The third kappa shape index (κ3) is 2.05. The van der Waals surface area contributed by atoms with Gasteiger partial charge in [0.15, 0.2) is 0 Å². The molecule has 0 radical (unpaired) electrons. The van der Waals surface area contributed by atoms with Gasteiger partial charge in [-0.1, -0.05) is 13.8 Å². The molecule has 0 bridgehead atoms. The normalized spacial score (nSPS) is 10.0. The standard InChI is InChI=1S/C12H16N2/c1-9(2)11-7-10(8-13)5-6-12(11)14(3)4/h5-7,9H,1-4H3. The fourth-order valence-corrected chi connectivity index (χ4v) is 1.49. The van der Waals surface area contributed by atoms with Gasteiger partial charge in [-0.2, -0.15) is 5.26 Å². The number of hydrogen-bond acceptors (Lipinski definition) is 2. The quantitative estimate of drug-likeness (QED) is 0.713. The lowest BCUT2D eigenvalue weighted by Gasteiger charge is -2.19. The summed E-state index contributed by atoms with van der Waals surface area (Å²) >= 11 is 0. The lowest BCUT2D eigenvalue weighted by atomic mass is 9.98. The highest BCUT2D eigenvalue weighted by molar-refractivity contribution is 5.57. The fourth-order valence-electron chi connectivity index (χ4n) is 1.49. The van der Waals surface area contributed by atoms with Crippen LogP contribution in [-0.4, -0.2) is 14.1 Å². The zero-order valence-corrected chi connectivity index (χ0v) is 9.20. The molecule has 0 aliphatic rings. The van der Waals surface area contributed by atoms with Crippen LogP contribution in [0.25, 0.3) is 0 Å². The van der Waals surface area contributed by atoms with Gasteiger partial charge in [-0.25, -0.2) is 0 Å². The first kappa shape index (κ1) is 10.6. The second-order valence-electron chi connectivity index (χ2n) is 3.93. The molecule has 2 nitrogen and oxygen atoms in total. The lowest BCUT2D eigenvalue weighted by Crippen LogP contribution is -2.12. The molecule has 0 atom stereocenters. The Kier molecular flexibility index (Phi) is 3.14. The Morgan fingerprint density at radius 1 is 1.29 bits per heavy atom. The first-order valence-corrected chi connectivity index (χ1v) is 4.77. The molecule has 0 amide bonds. The first-order valence-electron chi connectivity index (χ1n) is 4.77. The van der Waals surface area contributed by atoms with Crippen molar-refractivity contribution < 1.29 is 0 Å². The maximum Gasteiger partial charge on any atom is 0.0991 e. The third-order valence-corrected chi connectivity index (χ3v) is 2.26. The zero-order chi connectivity index (χ0) is 10.7. The van der Waals surface area contributed by atoms with Crippen molar-refractivity contribution in [3.8, 4) is 6.07 Å². The van der Waals surface area contributed by atoms with E-state index in [1.807, 2.05) is 32.3 Å². The SMILES string of the molecule is CC(C)c1cc(C#N)ccc1N(C)C. The van der Waals surface area contributed by atoms with Gasteiger partial charge in [0.1, 0.15) is 0 Å². The van der Waals surface area contributed by atoms with Crippen molar-refractivity contribution >= 4 is 5.69 Å². The van der Waals surface area contributed by atoms with E-state index in [9.17, 15) is 0 Å².